The monoisotopic (exact) mass is 402 g/mol. The Kier molecular flexibility index (Phi) is 7.13. The molecule has 0 saturated carbocycles. The number of hydrogen-bond donors (Lipinski definition) is 0. The lowest BCUT2D eigenvalue weighted by Crippen LogP contribution is -2.40. The summed E-state index contributed by atoms with van der Waals surface area (Å²) in [6.45, 7) is 8.22. The highest BCUT2D eigenvalue weighted by atomic mass is 35.5. The molecular formula is C22H31ClN4O. The molecule has 6 heteroatoms. The molecule has 1 aromatic carbocycles. The van der Waals surface area contributed by atoms with Gasteiger partial charge in [0.25, 0.3) is 5.91 Å². The molecule has 1 amide bonds. The van der Waals surface area contributed by atoms with Gasteiger partial charge in [-0.05, 0) is 69.8 Å². The molecule has 1 aromatic heterocycles. The van der Waals surface area contributed by atoms with Crippen molar-refractivity contribution in [2.24, 2.45) is 5.92 Å². The normalized spacial score (nSPS) is 15.9. The third-order valence-electron chi connectivity index (χ3n) is 5.59. The Morgan fingerprint density at radius 1 is 1.25 bits per heavy atom. The zero-order valence-corrected chi connectivity index (χ0v) is 17.9. The minimum atomic E-state index is 0.0667. The molecule has 28 heavy (non-hydrogen) atoms. The lowest BCUT2D eigenvalue weighted by molar-refractivity contribution is 0.0740. The van der Waals surface area contributed by atoms with Crippen molar-refractivity contribution in [3.8, 4) is 0 Å². The van der Waals surface area contributed by atoms with Gasteiger partial charge in [-0.3, -0.25) is 9.48 Å². The maximum atomic E-state index is 12.7. The molecule has 2 heterocycles. The summed E-state index contributed by atoms with van der Waals surface area (Å²) in [6.07, 6.45) is 6.87. The third kappa shape index (κ3) is 5.58. The second kappa shape index (κ2) is 9.57. The average Bonchev–Trinajstić information content (AvgIpc) is 3.18. The zero-order chi connectivity index (χ0) is 20.1. The number of hydrogen-bond acceptors (Lipinski definition) is 3. The van der Waals surface area contributed by atoms with Crippen LogP contribution in [-0.4, -0.2) is 58.7 Å². The number of piperidine rings is 1. The fourth-order valence-electron chi connectivity index (χ4n) is 3.75. The molecule has 0 bridgehead atoms. The predicted octanol–water partition coefficient (Wildman–Crippen LogP) is 4.14. The molecule has 1 fully saturated rings. The lowest BCUT2D eigenvalue weighted by Gasteiger charge is -2.33. The topological polar surface area (TPSA) is 41.4 Å². The minimum absolute atomic E-state index is 0.0667. The molecule has 0 spiro atoms. The van der Waals surface area contributed by atoms with Crippen LogP contribution >= 0.6 is 11.6 Å². The van der Waals surface area contributed by atoms with Crippen LogP contribution < -0.4 is 0 Å². The van der Waals surface area contributed by atoms with Gasteiger partial charge in [0, 0.05) is 37.4 Å². The van der Waals surface area contributed by atoms with Crippen molar-refractivity contribution in [2.75, 3.05) is 33.2 Å². The van der Waals surface area contributed by atoms with E-state index in [0.717, 1.165) is 50.5 Å². The van der Waals surface area contributed by atoms with Gasteiger partial charge in [-0.1, -0.05) is 23.7 Å². The lowest BCUT2D eigenvalue weighted by atomic mass is 9.96. The Balaban J connectivity index is 1.41. The number of carbonyl (C=O) groups is 1. The van der Waals surface area contributed by atoms with Gasteiger partial charge < -0.3 is 9.80 Å². The van der Waals surface area contributed by atoms with E-state index in [9.17, 15) is 4.79 Å². The van der Waals surface area contributed by atoms with Gasteiger partial charge in [-0.25, -0.2) is 0 Å². The summed E-state index contributed by atoms with van der Waals surface area (Å²) in [5.41, 5.74) is 2.01. The number of nitrogens with zero attached hydrogens (tertiary/aromatic N) is 4. The Labute approximate surface area is 173 Å². The van der Waals surface area contributed by atoms with Crippen LogP contribution in [0.3, 0.4) is 0 Å². The van der Waals surface area contributed by atoms with Crippen LogP contribution in [0.25, 0.3) is 0 Å². The van der Waals surface area contributed by atoms with Gasteiger partial charge in [-0.15, -0.1) is 0 Å². The molecule has 3 rings (SSSR count). The van der Waals surface area contributed by atoms with Gasteiger partial charge in [-0.2, -0.15) is 5.10 Å². The molecule has 1 aliphatic rings. The van der Waals surface area contributed by atoms with Crippen LogP contribution in [0.1, 0.15) is 48.7 Å². The van der Waals surface area contributed by atoms with Crippen molar-refractivity contribution in [1.82, 2.24) is 19.6 Å². The maximum absolute atomic E-state index is 12.7. The Morgan fingerprint density at radius 2 is 1.93 bits per heavy atom. The summed E-state index contributed by atoms with van der Waals surface area (Å²) in [4.78, 5) is 17.0. The van der Waals surface area contributed by atoms with Crippen LogP contribution in [0.5, 0.6) is 0 Å². The van der Waals surface area contributed by atoms with Crippen LogP contribution in [0.2, 0.25) is 5.02 Å². The number of amides is 1. The second-order valence-corrected chi connectivity index (χ2v) is 8.59. The average molecular weight is 403 g/mol. The molecule has 152 valence electrons. The second-order valence-electron chi connectivity index (χ2n) is 8.15. The number of likely N-dealkylation sites (tertiary alicyclic amines) is 1. The molecule has 0 aliphatic carbocycles. The first-order valence-corrected chi connectivity index (χ1v) is 10.6. The molecule has 2 aromatic rings. The van der Waals surface area contributed by atoms with E-state index in [-0.39, 0.29) is 11.9 Å². The first kappa shape index (κ1) is 20.9. The molecular weight excluding hydrogens is 372 g/mol. The van der Waals surface area contributed by atoms with Gasteiger partial charge in [0.15, 0.2) is 0 Å². The zero-order valence-electron chi connectivity index (χ0n) is 17.1. The van der Waals surface area contributed by atoms with E-state index in [1.807, 2.05) is 35.0 Å². The Morgan fingerprint density at radius 3 is 2.54 bits per heavy atom. The highest BCUT2D eigenvalue weighted by Crippen LogP contribution is 2.20. The van der Waals surface area contributed by atoms with E-state index in [1.165, 1.54) is 5.56 Å². The highest BCUT2D eigenvalue weighted by molar-refractivity contribution is 6.30. The molecule has 5 nitrogen and oxygen atoms in total. The summed E-state index contributed by atoms with van der Waals surface area (Å²) in [7, 11) is 1.90. The number of carbonyl (C=O) groups excluding carboxylic acids is 1. The quantitative estimate of drug-likeness (QED) is 0.698. The van der Waals surface area contributed by atoms with E-state index in [1.54, 1.807) is 6.20 Å². The van der Waals surface area contributed by atoms with Crippen LogP contribution in [0.15, 0.2) is 36.7 Å². The Hall–Kier alpha value is -1.85. The first-order valence-electron chi connectivity index (χ1n) is 10.2. The molecule has 1 aliphatic heterocycles. The van der Waals surface area contributed by atoms with Gasteiger partial charge >= 0.3 is 0 Å². The van der Waals surface area contributed by atoms with Crippen LogP contribution in [0, 0.1) is 5.92 Å². The molecule has 1 saturated heterocycles. The summed E-state index contributed by atoms with van der Waals surface area (Å²) in [5, 5.41) is 5.07. The van der Waals surface area contributed by atoms with E-state index in [4.69, 9.17) is 11.6 Å². The molecule has 0 unspecified atom stereocenters. The van der Waals surface area contributed by atoms with Gasteiger partial charge in [0.1, 0.15) is 0 Å². The fraction of sp³-hybridized carbons (Fsp3) is 0.545. The standard InChI is InChI=1S/C22H31ClN4O/c1-17(2)27-16-20(14-24-27)22(28)25(3)15-19-9-12-26(13-10-19)11-8-18-4-6-21(23)7-5-18/h4-7,14,16-17,19H,8-13,15H2,1-3H3. The largest absolute Gasteiger partial charge is 0.341 e. The SMILES string of the molecule is CC(C)n1cc(C(=O)N(C)CC2CCN(CCc3ccc(Cl)cc3)CC2)cn1. The summed E-state index contributed by atoms with van der Waals surface area (Å²) in [6, 6.07) is 8.40. The predicted molar refractivity (Wildman–Crippen MR) is 114 cm³/mol. The summed E-state index contributed by atoms with van der Waals surface area (Å²) in [5.74, 6) is 0.637. The van der Waals surface area contributed by atoms with Gasteiger partial charge in [0.2, 0.25) is 0 Å². The van der Waals surface area contributed by atoms with Crippen LogP contribution in [0.4, 0.5) is 0 Å². The Bertz CT molecular complexity index is 763. The summed E-state index contributed by atoms with van der Waals surface area (Å²) >= 11 is 5.95. The van der Waals surface area contributed by atoms with Crippen molar-refractivity contribution in [3.63, 3.8) is 0 Å². The maximum Gasteiger partial charge on any atom is 0.256 e. The number of halogens is 1. The van der Waals surface area contributed by atoms with E-state index < -0.39 is 0 Å². The van der Waals surface area contributed by atoms with Crippen molar-refractivity contribution < 1.29 is 4.79 Å². The number of aromatic nitrogens is 2. The third-order valence-corrected chi connectivity index (χ3v) is 5.85. The van der Waals surface area contributed by atoms with Crippen molar-refractivity contribution in [1.29, 1.82) is 0 Å². The van der Waals surface area contributed by atoms with Crippen molar-refractivity contribution >= 4 is 17.5 Å². The minimum Gasteiger partial charge on any atom is -0.341 e. The first-order chi connectivity index (χ1) is 13.4. The molecule has 0 N–H and O–H groups in total. The molecule has 0 radical (unpaired) electrons. The number of rotatable bonds is 7. The van der Waals surface area contributed by atoms with E-state index in [0.29, 0.717) is 11.5 Å². The smallest absolute Gasteiger partial charge is 0.256 e. The van der Waals surface area contributed by atoms with Crippen molar-refractivity contribution in [3.05, 3.63) is 52.8 Å². The van der Waals surface area contributed by atoms with Crippen molar-refractivity contribution in [2.45, 2.75) is 39.2 Å². The van der Waals surface area contributed by atoms with Gasteiger partial charge in [0.05, 0.1) is 11.8 Å². The van der Waals surface area contributed by atoms with Crippen LogP contribution in [-0.2, 0) is 6.42 Å². The highest BCUT2D eigenvalue weighted by Gasteiger charge is 2.23. The fourth-order valence-corrected chi connectivity index (χ4v) is 3.88. The summed E-state index contributed by atoms with van der Waals surface area (Å²) < 4.78 is 1.83. The van der Waals surface area contributed by atoms with E-state index in [2.05, 4.69) is 36.0 Å². The molecule has 0 atom stereocenters. The number of benzene rings is 1. The van der Waals surface area contributed by atoms with E-state index >= 15 is 0 Å².